The zero-order valence-corrected chi connectivity index (χ0v) is 11.6. The van der Waals surface area contributed by atoms with Gasteiger partial charge in [0.05, 0.1) is 30.4 Å². The number of amides is 2. The zero-order chi connectivity index (χ0) is 15.2. The van der Waals surface area contributed by atoms with Crippen molar-refractivity contribution in [1.82, 2.24) is 25.2 Å². The summed E-state index contributed by atoms with van der Waals surface area (Å²) in [6.07, 6.45) is 2.22. The van der Waals surface area contributed by atoms with E-state index in [2.05, 4.69) is 31.0 Å². The Balaban J connectivity index is 1.88. The second-order valence-electron chi connectivity index (χ2n) is 4.06. The number of hydrogen-bond donors (Lipinski definition) is 3. The summed E-state index contributed by atoms with van der Waals surface area (Å²) in [6.45, 7) is 3.65. The van der Waals surface area contributed by atoms with Crippen LogP contribution in [0.3, 0.4) is 0 Å². The summed E-state index contributed by atoms with van der Waals surface area (Å²) >= 11 is 0. The number of hydrogen-bond acceptors (Lipinski definition) is 6. The Morgan fingerprint density at radius 1 is 1.38 bits per heavy atom. The first-order chi connectivity index (χ1) is 10.1. The summed E-state index contributed by atoms with van der Waals surface area (Å²) in [5, 5.41) is 19.4. The van der Waals surface area contributed by atoms with E-state index in [9.17, 15) is 9.59 Å². The van der Waals surface area contributed by atoms with Gasteiger partial charge < -0.3 is 10.1 Å². The maximum absolute atomic E-state index is 11.8. The molecule has 0 unspecified atom stereocenters. The number of aryl methyl sites for hydroxylation is 1. The van der Waals surface area contributed by atoms with Gasteiger partial charge in [-0.2, -0.15) is 15.0 Å². The molecule has 0 saturated heterocycles. The molecule has 3 N–H and O–H groups in total. The molecule has 112 valence electrons. The van der Waals surface area contributed by atoms with Crippen LogP contribution in [0.15, 0.2) is 12.4 Å². The van der Waals surface area contributed by atoms with Gasteiger partial charge in [0.15, 0.2) is 5.82 Å². The Kier molecular flexibility index (Phi) is 4.49. The minimum Gasteiger partial charge on any atom is -0.450 e. The van der Waals surface area contributed by atoms with E-state index in [0.29, 0.717) is 5.69 Å². The smallest absolute Gasteiger partial charge is 0.412 e. The average Bonchev–Trinajstić information content (AvgIpc) is 3.00. The molecular weight excluding hydrogens is 278 g/mol. The Bertz CT molecular complexity index is 633. The third-order valence-electron chi connectivity index (χ3n) is 2.43. The molecule has 2 rings (SSSR count). The van der Waals surface area contributed by atoms with E-state index in [1.807, 2.05) is 0 Å². The van der Waals surface area contributed by atoms with Crippen molar-refractivity contribution >= 4 is 23.5 Å². The highest BCUT2D eigenvalue weighted by molar-refractivity contribution is 5.90. The summed E-state index contributed by atoms with van der Waals surface area (Å²) < 4.78 is 4.70. The topological polar surface area (TPSA) is 127 Å². The number of nitrogens with one attached hydrogen (secondary N) is 3. The van der Waals surface area contributed by atoms with Crippen LogP contribution < -0.4 is 10.6 Å². The van der Waals surface area contributed by atoms with Gasteiger partial charge >= 0.3 is 6.09 Å². The largest absolute Gasteiger partial charge is 0.450 e. The van der Waals surface area contributed by atoms with E-state index in [1.54, 1.807) is 13.8 Å². The van der Waals surface area contributed by atoms with Crippen molar-refractivity contribution in [2.24, 2.45) is 0 Å². The summed E-state index contributed by atoms with van der Waals surface area (Å²) in [6, 6.07) is 0. The normalized spacial score (nSPS) is 10.2. The maximum atomic E-state index is 11.8. The number of H-pyrrole nitrogens is 1. The fraction of sp³-hybridized carbons (Fsp3) is 0.364. The van der Waals surface area contributed by atoms with Crippen LogP contribution in [0.2, 0.25) is 0 Å². The second kappa shape index (κ2) is 6.50. The van der Waals surface area contributed by atoms with Crippen LogP contribution in [0.25, 0.3) is 0 Å². The molecule has 0 saturated carbocycles. The minimum absolute atomic E-state index is 0.0882. The van der Waals surface area contributed by atoms with E-state index in [4.69, 9.17) is 4.74 Å². The zero-order valence-electron chi connectivity index (χ0n) is 11.6. The molecule has 2 heterocycles. The molecular formula is C11H15N7O3. The third kappa shape index (κ3) is 4.03. The first kappa shape index (κ1) is 14.5. The molecule has 0 atom stereocenters. The third-order valence-corrected chi connectivity index (χ3v) is 2.43. The van der Waals surface area contributed by atoms with Crippen molar-refractivity contribution in [2.45, 2.75) is 20.4 Å². The molecule has 0 aliphatic carbocycles. The molecule has 0 fully saturated rings. The molecule has 2 amide bonds. The van der Waals surface area contributed by atoms with Crippen LogP contribution in [-0.4, -0.2) is 43.8 Å². The number of anilines is 2. The Morgan fingerprint density at radius 2 is 2.19 bits per heavy atom. The molecule has 0 aliphatic rings. The van der Waals surface area contributed by atoms with E-state index < -0.39 is 6.09 Å². The number of ether oxygens (including phenoxy) is 1. The monoisotopic (exact) mass is 293 g/mol. The van der Waals surface area contributed by atoms with E-state index in [0.717, 1.165) is 10.5 Å². The van der Waals surface area contributed by atoms with Crippen LogP contribution in [0.1, 0.15) is 12.6 Å². The fourth-order valence-electron chi connectivity index (χ4n) is 1.50. The number of nitrogens with zero attached hydrogens (tertiary/aromatic N) is 4. The Hall–Kier alpha value is -2.91. The first-order valence-electron chi connectivity index (χ1n) is 6.22. The molecule has 10 heteroatoms. The molecule has 0 aliphatic heterocycles. The van der Waals surface area contributed by atoms with Gasteiger partial charge in [-0.1, -0.05) is 0 Å². The molecule has 10 nitrogen and oxygen atoms in total. The SMILES string of the molecule is CCOC(=O)Nc1cnn(CC(=O)Nc2cn[nH]c2C)n1. The maximum Gasteiger partial charge on any atom is 0.412 e. The summed E-state index contributed by atoms with van der Waals surface area (Å²) in [4.78, 5) is 24.2. The highest BCUT2D eigenvalue weighted by Gasteiger charge is 2.10. The van der Waals surface area contributed by atoms with E-state index in [-0.39, 0.29) is 24.9 Å². The van der Waals surface area contributed by atoms with Crippen LogP contribution in [0.5, 0.6) is 0 Å². The van der Waals surface area contributed by atoms with Gasteiger partial charge in [-0.25, -0.2) is 4.79 Å². The predicted octanol–water partition coefficient (Wildman–Crippen LogP) is 0.517. The van der Waals surface area contributed by atoms with Gasteiger partial charge in [-0.3, -0.25) is 15.2 Å². The van der Waals surface area contributed by atoms with Gasteiger partial charge in [-0.15, -0.1) is 5.10 Å². The molecule has 2 aromatic heterocycles. The van der Waals surface area contributed by atoms with Crippen LogP contribution in [0, 0.1) is 6.92 Å². The molecule has 0 spiro atoms. The lowest BCUT2D eigenvalue weighted by molar-refractivity contribution is -0.117. The van der Waals surface area contributed by atoms with Gasteiger partial charge in [0.2, 0.25) is 5.91 Å². The van der Waals surface area contributed by atoms with Gasteiger partial charge in [-0.05, 0) is 13.8 Å². The molecule has 0 aromatic carbocycles. The standard InChI is InChI=1S/C11H15N7O3/c1-3-21-11(20)15-9-5-13-18(17-9)6-10(19)14-8-4-12-16-7(8)2/h4-5H,3,6H2,1-2H3,(H,12,16)(H,14,19)(H,15,17,20). The minimum atomic E-state index is -0.622. The molecule has 2 aromatic rings. The quantitative estimate of drug-likeness (QED) is 0.737. The van der Waals surface area contributed by atoms with Gasteiger partial charge in [0.1, 0.15) is 6.54 Å². The first-order valence-corrected chi connectivity index (χ1v) is 6.22. The van der Waals surface area contributed by atoms with E-state index >= 15 is 0 Å². The summed E-state index contributed by atoms with van der Waals surface area (Å²) in [7, 11) is 0. The average molecular weight is 293 g/mol. The highest BCUT2D eigenvalue weighted by atomic mass is 16.5. The lowest BCUT2D eigenvalue weighted by atomic mass is 10.4. The predicted molar refractivity (Wildman–Crippen MR) is 72.6 cm³/mol. The van der Waals surface area contributed by atoms with Gasteiger partial charge in [0.25, 0.3) is 0 Å². The Morgan fingerprint density at radius 3 is 2.86 bits per heavy atom. The summed E-state index contributed by atoms with van der Waals surface area (Å²) in [5.74, 6) is -0.0986. The van der Waals surface area contributed by atoms with Crippen molar-refractivity contribution < 1.29 is 14.3 Å². The van der Waals surface area contributed by atoms with Crippen molar-refractivity contribution in [1.29, 1.82) is 0 Å². The lowest BCUT2D eigenvalue weighted by Crippen LogP contribution is -2.21. The van der Waals surface area contributed by atoms with Crippen molar-refractivity contribution in [3.05, 3.63) is 18.1 Å². The summed E-state index contributed by atoms with van der Waals surface area (Å²) in [5.41, 5.74) is 1.35. The second-order valence-corrected chi connectivity index (χ2v) is 4.06. The molecule has 21 heavy (non-hydrogen) atoms. The number of aromatic amines is 1. The van der Waals surface area contributed by atoms with Crippen molar-refractivity contribution in [2.75, 3.05) is 17.2 Å². The number of rotatable bonds is 5. The van der Waals surface area contributed by atoms with Crippen molar-refractivity contribution in [3.63, 3.8) is 0 Å². The lowest BCUT2D eigenvalue weighted by Gasteiger charge is -2.03. The fourth-order valence-corrected chi connectivity index (χ4v) is 1.50. The highest BCUT2D eigenvalue weighted by Crippen LogP contribution is 2.09. The van der Waals surface area contributed by atoms with E-state index in [1.165, 1.54) is 12.4 Å². The molecule has 0 bridgehead atoms. The Labute approximate surface area is 119 Å². The van der Waals surface area contributed by atoms with Crippen LogP contribution >= 0.6 is 0 Å². The molecule has 0 radical (unpaired) electrons. The van der Waals surface area contributed by atoms with Crippen LogP contribution in [0.4, 0.5) is 16.3 Å². The van der Waals surface area contributed by atoms with Gasteiger partial charge in [0, 0.05) is 0 Å². The number of carbonyl (C=O) groups is 2. The van der Waals surface area contributed by atoms with Crippen molar-refractivity contribution in [3.8, 4) is 0 Å². The van der Waals surface area contributed by atoms with Crippen LogP contribution in [-0.2, 0) is 16.1 Å². The number of aromatic nitrogens is 5. The number of carbonyl (C=O) groups excluding carboxylic acids is 2.